The van der Waals surface area contributed by atoms with Gasteiger partial charge in [-0.1, -0.05) is 11.6 Å². The number of hydrogen-bond donors (Lipinski definition) is 1. The van der Waals surface area contributed by atoms with Crippen molar-refractivity contribution >= 4 is 34.8 Å². The third-order valence-corrected chi connectivity index (χ3v) is 4.80. The SMILES string of the molecule is O=C(CN1CCN2C(=O)NCC2C1)c1ccc(Cl)s1. The van der Waals surface area contributed by atoms with Crippen LogP contribution in [0.2, 0.25) is 4.34 Å². The van der Waals surface area contributed by atoms with E-state index in [-0.39, 0.29) is 17.9 Å². The van der Waals surface area contributed by atoms with E-state index in [1.807, 2.05) is 4.90 Å². The molecule has 0 aromatic carbocycles. The summed E-state index contributed by atoms with van der Waals surface area (Å²) in [5, 5.41) is 2.83. The van der Waals surface area contributed by atoms with Crippen molar-refractivity contribution in [1.29, 1.82) is 0 Å². The van der Waals surface area contributed by atoms with Crippen LogP contribution in [0, 0.1) is 0 Å². The number of piperazine rings is 1. The summed E-state index contributed by atoms with van der Waals surface area (Å²) in [5.74, 6) is 0.0997. The zero-order valence-electron chi connectivity index (χ0n) is 10.3. The average molecular weight is 300 g/mol. The summed E-state index contributed by atoms with van der Waals surface area (Å²) in [4.78, 5) is 28.2. The molecule has 1 aromatic rings. The molecular formula is C12H14ClN3O2S. The number of amides is 2. The third-order valence-electron chi connectivity index (χ3n) is 3.53. The molecule has 0 spiro atoms. The number of nitrogens with one attached hydrogen (secondary N) is 1. The van der Waals surface area contributed by atoms with Crippen LogP contribution in [-0.4, -0.2) is 60.4 Å². The molecule has 2 amide bonds. The van der Waals surface area contributed by atoms with Crippen molar-refractivity contribution in [3.05, 3.63) is 21.3 Å². The Balaban J connectivity index is 1.59. The zero-order valence-corrected chi connectivity index (χ0v) is 11.8. The van der Waals surface area contributed by atoms with Crippen molar-refractivity contribution in [1.82, 2.24) is 15.1 Å². The van der Waals surface area contributed by atoms with E-state index in [1.54, 1.807) is 12.1 Å². The van der Waals surface area contributed by atoms with Crippen molar-refractivity contribution in [3.8, 4) is 0 Å². The second-order valence-electron chi connectivity index (χ2n) is 4.80. The van der Waals surface area contributed by atoms with Gasteiger partial charge in [-0.15, -0.1) is 11.3 Å². The van der Waals surface area contributed by atoms with E-state index in [0.717, 1.165) is 13.1 Å². The summed E-state index contributed by atoms with van der Waals surface area (Å²) in [6, 6.07) is 3.73. The minimum atomic E-state index is 0.0148. The molecular weight excluding hydrogens is 286 g/mol. The first kappa shape index (κ1) is 12.9. The van der Waals surface area contributed by atoms with E-state index in [9.17, 15) is 9.59 Å². The van der Waals surface area contributed by atoms with Crippen LogP contribution in [0.1, 0.15) is 9.67 Å². The first-order valence-corrected chi connectivity index (χ1v) is 7.38. The molecule has 19 heavy (non-hydrogen) atoms. The van der Waals surface area contributed by atoms with Gasteiger partial charge in [0.15, 0.2) is 5.78 Å². The molecule has 3 rings (SSSR count). The number of carbonyl (C=O) groups excluding carboxylic acids is 2. The molecule has 102 valence electrons. The normalized spacial score (nSPS) is 23.3. The van der Waals surface area contributed by atoms with Crippen molar-refractivity contribution in [2.75, 3.05) is 32.7 Å². The van der Waals surface area contributed by atoms with E-state index < -0.39 is 0 Å². The van der Waals surface area contributed by atoms with Gasteiger partial charge in [-0.05, 0) is 12.1 Å². The first-order valence-electron chi connectivity index (χ1n) is 6.19. The molecule has 3 heterocycles. The number of urea groups is 1. The van der Waals surface area contributed by atoms with Crippen LogP contribution in [-0.2, 0) is 0 Å². The van der Waals surface area contributed by atoms with Crippen molar-refractivity contribution in [3.63, 3.8) is 0 Å². The molecule has 0 bridgehead atoms. The molecule has 1 unspecified atom stereocenters. The maximum atomic E-state index is 12.1. The Morgan fingerprint density at radius 3 is 3.05 bits per heavy atom. The lowest BCUT2D eigenvalue weighted by Crippen LogP contribution is -2.53. The average Bonchev–Trinajstić information content (AvgIpc) is 2.97. The minimum absolute atomic E-state index is 0.0148. The van der Waals surface area contributed by atoms with E-state index >= 15 is 0 Å². The fraction of sp³-hybridized carbons (Fsp3) is 0.500. The van der Waals surface area contributed by atoms with Gasteiger partial charge in [-0.3, -0.25) is 9.69 Å². The monoisotopic (exact) mass is 299 g/mol. The Morgan fingerprint density at radius 1 is 1.47 bits per heavy atom. The number of rotatable bonds is 3. The number of ketones is 1. The van der Waals surface area contributed by atoms with E-state index in [1.165, 1.54) is 11.3 Å². The summed E-state index contributed by atoms with van der Waals surface area (Å²) in [7, 11) is 0. The maximum Gasteiger partial charge on any atom is 0.317 e. The topological polar surface area (TPSA) is 52.7 Å². The molecule has 0 radical (unpaired) electrons. The summed E-state index contributed by atoms with van der Waals surface area (Å²) in [6.45, 7) is 3.26. The Bertz CT molecular complexity index is 519. The summed E-state index contributed by atoms with van der Waals surface area (Å²) >= 11 is 7.15. The lowest BCUT2D eigenvalue weighted by atomic mass is 10.2. The standard InChI is InChI=1S/C12H14ClN3O2S/c13-11-2-1-10(19-11)9(17)7-15-3-4-16-8(6-15)5-14-12(16)18/h1-2,8H,3-7H2,(H,14,18). The lowest BCUT2D eigenvalue weighted by molar-refractivity contribution is 0.0842. The number of Topliss-reactive ketones (excluding diaryl/α,β-unsaturated/α-hetero) is 1. The fourth-order valence-electron chi connectivity index (χ4n) is 2.56. The van der Waals surface area contributed by atoms with Crippen LogP contribution in [0.15, 0.2) is 12.1 Å². The number of carbonyl (C=O) groups is 2. The highest BCUT2D eigenvalue weighted by molar-refractivity contribution is 7.18. The molecule has 2 aliphatic heterocycles. The molecule has 1 aromatic heterocycles. The highest BCUT2D eigenvalue weighted by Gasteiger charge is 2.35. The second kappa shape index (κ2) is 5.11. The van der Waals surface area contributed by atoms with Gasteiger partial charge in [-0.25, -0.2) is 4.79 Å². The molecule has 0 aliphatic carbocycles. The molecule has 2 fully saturated rings. The molecule has 2 saturated heterocycles. The van der Waals surface area contributed by atoms with E-state index in [4.69, 9.17) is 11.6 Å². The molecule has 0 saturated carbocycles. The first-order chi connectivity index (χ1) is 9.13. The Hall–Kier alpha value is -1.11. The van der Waals surface area contributed by atoms with Crippen LogP contribution in [0.3, 0.4) is 0 Å². The highest BCUT2D eigenvalue weighted by atomic mass is 35.5. The van der Waals surface area contributed by atoms with Crippen molar-refractivity contribution < 1.29 is 9.59 Å². The third kappa shape index (κ3) is 2.61. The summed E-state index contributed by atoms with van der Waals surface area (Å²) in [6.07, 6.45) is 0. The molecule has 7 heteroatoms. The van der Waals surface area contributed by atoms with E-state index in [2.05, 4.69) is 10.2 Å². The molecule has 1 atom stereocenters. The number of fused-ring (bicyclic) bond motifs is 1. The van der Waals surface area contributed by atoms with Crippen LogP contribution in [0.5, 0.6) is 0 Å². The largest absolute Gasteiger partial charge is 0.336 e. The fourth-order valence-corrected chi connectivity index (χ4v) is 3.53. The van der Waals surface area contributed by atoms with E-state index in [0.29, 0.717) is 28.8 Å². The van der Waals surface area contributed by atoms with Crippen LogP contribution in [0.25, 0.3) is 0 Å². The quantitative estimate of drug-likeness (QED) is 0.856. The molecule has 1 N–H and O–H groups in total. The number of thiophene rings is 1. The predicted octanol–water partition coefficient (Wildman–Crippen LogP) is 1.29. The molecule has 5 nitrogen and oxygen atoms in total. The van der Waals surface area contributed by atoms with Gasteiger partial charge in [0.1, 0.15) is 0 Å². The second-order valence-corrected chi connectivity index (χ2v) is 6.51. The predicted molar refractivity (Wildman–Crippen MR) is 74.0 cm³/mol. The van der Waals surface area contributed by atoms with Crippen LogP contribution in [0.4, 0.5) is 4.79 Å². The Kier molecular flexibility index (Phi) is 3.47. The van der Waals surface area contributed by atoms with Crippen LogP contribution >= 0.6 is 22.9 Å². The van der Waals surface area contributed by atoms with Crippen molar-refractivity contribution in [2.45, 2.75) is 6.04 Å². The number of nitrogens with zero attached hydrogens (tertiary/aromatic N) is 2. The minimum Gasteiger partial charge on any atom is -0.336 e. The van der Waals surface area contributed by atoms with Gasteiger partial charge in [0.25, 0.3) is 0 Å². The number of halogens is 1. The zero-order chi connectivity index (χ0) is 13.4. The molecule has 2 aliphatic rings. The summed E-state index contributed by atoms with van der Waals surface area (Å²) < 4.78 is 0.638. The lowest BCUT2D eigenvalue weighted by Gasteiger charge is -2.35. The van der Waals surface area contributed by atoms with Gasteiger partial charge >= 0.3 is 6.03 Å². The van der Waals surface area contributed by atoms with Gasteiger partial charge in [0.05, 0.1) is 21.8 Å². The van der Waals surface area contributed by atoms with Crippen molar-refractivity contribution in [2.24, 2.45) is 0 Å². The smallest absolute Gasteiger partial charge is 0.317 e. The van der Waals surface area contributed by atoms with Gasteiger partial charge < -0.3 is 10.2 Å². The van der Waals surface area contributed by atoms with Gasteiger partial charge in [-0.2, -0.15) is 0 Å². The van der Waals surface area contributed by atoms with Crippen LogP contribution < -0.4 is 5.32 Å². The number of hydrogen-bond acceptors (Lipinski definition) is 4. The Morgan fingerprint density at radius 2 is 2.32 bits per heavy atom. The van der Waals surface area contributed by atoms with Gasteiger partial charge in [0, 0.05) is 26.2 Å². The maximum absolute atomic E-state index is 12.1. The Labute approximate surface area is 120 Å². The highest BCUT2D eigenvalue weighted by Crippen LogP contribution is 2.22. The van der Waals surface area contributed by atoms with Gasteiger partial charge in [0.2, 0.25) is 0 Å². The summed E-state index contributed by atoms with van der Waals surface area (Å²) in [5.41, 5.74) is 0.